The predicted molar refractivity (Wildman–Crippen MR) is 475 cm³/mol. The normalized spacial score (nSPS) is 12.2. The number of esters is 1. The first-order chi connectivity index (χ1) is 56.8. The van der Waals surface area contributed by atoms with Gasteiger partial charge in [0.2, 0.25) is 0 Å². The molecule has 1 atom stereocenters. The van der Waals surface area contributed by atoms with Crippen LogP contribution in [0.15, 0.2) is 258 Å². The number of carbonyl (C=O) groups is 5. The Kier molecular flexibility index (Phi) is 29.9. The van der Waals surface area contributed by atoms with Crippen LogP contribution in [0.5, 0.6) is 23.0 Å². The Morgan fingerprint density at radius 2 is 0.850 bits per heavy atom. The number of rotatable bonds is 9. The molecule has 120 heavy (non-hydrogen) atoms. The number of carboxylic acid groups (broad SMARTS) is 1. The van der Waals surface area contributed by atoms with Gasteiger partial charge in [-0.15, -0.1) is 0 Å². The minimum atomic E-state index is -0.934. The van der Waals surface area contributed by atoms with Crippen molar-refractivity contribution >= 4 is 234 Å². The summed E-state index contributed by atoms with van der Waals surface area (Å²) in [4.78, 5) is 68.6. The number of carbonyl (C=O) groups excluding carboxylic acids is 4. The summed E-state index contributed by atoms with van der Waals surface area (Å²) in [5, 5.41) is 60.8. The van der Waals surface area contributed by atoms with Crippen LogP contribution in [0.1, 0.15) is 66.5 Å². The van der Waals surface area contributed by atoms with Gasteiger partial charge in [0.1, 0.15) is 57.2 Å². The van der Waals surface area contributed by atoms with E-state index in [1.165, 1.54) is 23.8 Å². The summed E-state index contributed by atoms with van der Waals surface area (Å²) in [6.07, 6.45) is 0.859. The third-order valence-electron chi connectivity index (χ3n) is 19.1. The molecule has 3 N–H and O–H groups in total. The molecule has 0 radical (unpaired) electrons. The number of aliphatic carboxylic acids is 1. The van der Waals surface area contributed by atoms with E-state index in [4.69, 9.17) is 107 Å². The summed E-state index contributed by atoms with van der Waals surface area (Å²) < 4.78 is 37.2. The number of aromatic nitrogens is 3. The van der Waals surface area contributed by atoms with E-state index in [1.807, 2.05) is 133 Å². The van der Waals surface area contributed by atoms with Gasteiger partial charge in [-0.05, 0) is 235 Å². The number of ketones is 3. The van der Waals surface area contributed by atoms with Crippen LogP contribution >= 0.6 is 85.5 Å². The number of fused-ring (bicyclic) bond motifs is 15. The van der Waals surface area contributed by atoms with Crippen LogP contribution in [-0.2, 0) is 57.8 Å². The molecule has 608 valence electrons. The van der Waals surface area contributed by atoms with Crippen LogP contribution in [0.4, 0.5) is 0 Å². The molecule has 18 aromatic rings. The van der Waals surface area contributed by atoms with E-state index in [0.29, 0.717) is 94.9 Å². The van der Waals surface area contributed by atoms with Crippen LogP contribution in [0.3, 0.4) is 0 Å². The number of Topliss-reactive ketones (excluding diaryl/α,β-unsaturated/α-hetero) is 3. The molecule has 0 spiro atoms. The molecule has 19 nitrogen and oxygen atoms in total. The van der Waals surface area contributed by atoms with Crippen molar-refractivity contribution in [3.8, 4) is 23.0 Å². The molecular formula is C93H69BrCl6N3O16W-. The number of ether oxygens (including phenoxy) is 3. The standard InChI is InChI=1S/C17H12ClNO3.C15H12ClNO3.C13H8ClNO3.C13H7ClO3.C12H9ClO2.C11H9BrO.C11H9ClO.CH3.W/c18-10-2-4-12-9(7-10)1-6-15-16(12)17(19-22-15)13-5-3-11(20)8-14(13)21;1-2-19-14(18)8-12-15-11-5-4-10(16)7-9(11)3-6-13(15)20-17-12;14-8-2-3-9-7(5-8)1-4-11-13(9)10(15-18-11)6-12(16)17;14-8-2-3-9-7(5-8)1-4-11-13(9)10(15)6-12(16)17-11;1-7(14)12-10-4-3-9(13)6-8(10)2-5-11(12)15;2*1-13-11-5-3-8-6-10(12)4-2-9(8)7-11;;/h1-2,4,6-7,13H,3,5,8H2;3-7H,2,8H2,1H3;1-5H,6H2,(H,16,17);1-6,15H;2-6,15H,1H3;2*2-7H,1H3;1H3;/q;;;;;;;-1;. The molecule has 27 heteroatoms. The number of phenols is 1. The van der Waals surface area contributed by atoms with Gasteiger partial charge in [0.15, 0.2) is 22.5 Å². The maximum atomic E-state index is 12.2. The first kappa shape index (κ1) is 89.4. The second kappa shape index (κ2) is 40.1. The smallest absolute Gasteiger partial charge is 0.339 e. The zero-order chi connectivity index (χ0) is 83.6. The van der Waals surface area contributed by atoms with Crippen molar-refractivity contribution in [2.45, 2.75) is 51.9 Å². The van der Waals surface area contributed by atoms with Crippen molar-refractivity contribution in [2.24, 2.45) is 0 Å². The Morgan fingerprint density at radius 1 is 0.458 bits per heavy atom. The molecule has 1 unspecified atom stereocenters. The fourth-order valence-electron chi connectivity index (χ4n) is 13.8. The summed E-state index contributed by atoms with van der Waals surface area (Å²) in [6.45, 7) is 3.56. The van der Waals surface area contributed by atoms with Gasteiger partial charge in [-0.3, -0.25) is 24.0 Å². The summed E-state index contributed by atoms with van der Waals surface area (Å²) in [5.41, 5.74) is 3.70. The van der Waals surface area contributed by atoms with Gasteiger partial charge in [-0.1, -0.05) is 186 Å². The minimum absolute atomic E-state index is 0. The van der Waals surface area contributed by atoms with E-state index in [-0.39, 0.29) is 88.5 Å². The Hall–Kier alpha value is -11.4. The van der Waals surface area contributed by atoms with Crippen molar-refractivity contribution in [3.63, 3.8) is 0 Å². The molecule has 1 saturated carbocycles. The molecule has 0 amide bonds. The molecule has 0 saturated heterocycles. The summed E-state index contributed by atoms with van der Waals surface area (Å²) in [7, 11) is 3.34. The Balaban J connectivity index is 0.000000138. The van der Waals surface area contributed by atoms with Gasteiger partial charge in [0, 0.05) is 62.1 Å². The number of phenolic OH excluding ortho intramolecular Hbond substituents is 1. The maximum Gasteiger partial charge on any atom is 0.339 e. The summed E-state index contributed by atoms with van der Waals surface area (Å²) in [6, 6.07) is 70.0. The zero-order valence-corrected chi connectivity index (χ0v) is 73.4. The van der Waals surface area contributed by atoms with Gasteiger partial charge < -0.3 is 54.9 Å². The maximum absolute atomic E-state index is 12.2. The topological polar surface area (TPSA) is 282 Å². The largest absolute Gasteiger partial charge is 0.507 e. The monoisotopic (exact) mass is 1960 g/mol. The summed E-state index contributed by atoms with van der Waals surface area (Å²) >= 11 is 39.0. The van der Waals surface area contributed by atoms with Crippen LogP contribution in [-0.4, -0.2) is 80.9 Å². The molecule has 1 aliphatic rings. The van der Waals surface area contributed by atoms with Crippen molar-refractivity contribution in [3.05, 3.63) is 306 Å². The van der Waals surface area contributed by atoms with Crippen LogP contribution in [0, 0.1) is 7.43 Å². The number of halogens is 7. The predicted octanol–water partition coefficient (Wildman–Crippen LogP) is 25.3. The second-order valence-corrected chi connectivity index (χ2v) is 30.4. The molecule has 1 aliphatic carbocycles. The third kappa shape index (κ3) is 21.0. The first-order valence-corrected chi connectivity index (χ1v) is 39.4. The molecular weight excluding hydrogens is 1890 g/mol. The van der Waals surface area contributed by atoms with Crippen LogP contribution in [0.25, 0.3) is 119 Å². The van der Waals surface area contributed by atoms with Crippen molar-refractivity contribution in [1.29, 1.82) is 0 Å². The number of carboxylic acids is 1. The second-order valence-electron chi connectivity index (χ2n) is 26.9. The number of hydrogen-bond acceptors (Lipinski definition) is 18. The van der Waals surface area contributed by atoms with Gasteiger partial charge >= 0.3 is 17.6 Å². The quantitative estimate of drug-likeness (QED) is 0.0302. The number of aromatic hydroxyl groups is 2. The summed E-state index contributed by atoms with van der Waals surface area (Å²) in [5.74, 6) is -0.125. The molecule has 1 fully saturated rings. The van der Waals surface area contributed by atoms with E-state index >= 15 is 0 Å². The molecule has 4 aromatic heterocycles. The average molecular weight is 1960 g/mol. The van der Waals surface area contributed by atoms with E-state index < -0.39 is 11.6 Å². The van der Waals surface area contributed by atoms with E-state index in [0.717, 1.165) is 108 Å². The Morgan fingerprint density at radius 3 is 1.33 bits per heavy atom. The fourth-order valence-corrected chi connectivity index (χ4v) is 15.2. The van der Waals surface area contributed by atoms with Crippen molar-refractivity contribution in [2.75, 3.05) is 20.8 Å². The number of benzene rings is 14. The van der Waals surface area contributed by atoms with Crippen LogP contribution < -0.4 is 15.1 Å². The number of hydrogen-bond donors (Lipinski definition) is 3. The van der Waals surface area contributed by atoms with E-state index in [9.17, 15) is 39.0 Å². The van der Waals surface area contributed by atoms with Gasteiger partial charge in [-0.2, -0.15) is 0 Å². The third-order valence-corrected chi connectivity index (χ3v) is 21.1. The van der Waals surface area contributed by atoms with Gasteiger partial charge in [-0.25, -0.2) is 4.79 Å². The zero-order valence-electron chi connectivity index (χ0n) is 64.3. The van der Waals surface area contributed by atoms with Crippen molar-refractivity contribution < 1.29 is 92.6 Å². The molecule has 14 aromatic carbocycles. The Bertz CT molecular complexity index is 6930. The fraction of sp³-hybridized carbons (Fsp3) is 0.118. The van der Waals surface area contributed by atoms with Crippen LogP contribution in [0.2, 0.25) is 30.1 Å². The minimum Gasteiger partial charge on any atom is -0.507 e. The van der Waals surface area contributed by atoms with Gasteiger partial charge in [0.25, 0.3) is 0 Å². The number of nitrogens with zero attached hydrogens (tertiary/aromatic N) is 3. The van der Waals surface area contributed by atoms with E-state index in [1.54, 1.807) is 87.9 Å². The number of methoxy groups -OCH3 is 2. The first-order valence-electron chi connectivity index (χ1n) is 36.4. The molecule has 0 bridgehead atoms. The Labute approximate surface area is 737 Å². The molecule has 19 rings (SSSR count). The average Bonchev–Trinajstić information content (AvgIpc) is 1.51. The molecule has 4 heterocycles. The van der Waals surface area contributed by atoms with E-state index in [2.05, 4.69) is 49.6 Å². The SMILES string of the molecule is CC(=O)c1c(O)ccc2cc(Cl)ccc12.CCOC(=O)Cc1noc2ccc3cc(Cl)ccc3c12.COc1ccc2cc(Br)ccc2c1.COc1ccc2cc(Cl)ccc2c1.O=C(O)Cc1noc2ccc3cc(Cl)ccc3c12.O=C1CCC(c2noc3ccc4cc(Cl)ccc4c23)C(=O)C1.O=c1cc(O)c2c(ccc3cc(Cl)ccc32)o1.[CH3-].[W]. The van der Waals surface area contributed by atoms with Crippen molar-refractivity contribution in [1.82, 2.24) is 15.5 Å². The van der Waals surface area contributed by atoms with Gasteiger partial charge in [0.05, 0.1) is 79.2 Å². The molecule has 0 aliphatic heterocycles.